The number of hydrogen-bond acceptors (Lipinski definition) is 2. The summed E-state index contributed by atoms with van der Waals surface area (Å²) in [5, 5.41) is 4.64. The van der Waals surface area contributed by atoms with E-state index in [1.54, 1.807) is 0 Å². The summed E-state index contributed by atoms with van der Waals surface area (Å²) in [6.45, 7) is 4.71. The number of para-hydroxylation sites is 4. The molecule has 0 bridgehead atoms. The fourth-order valence-electron chi connectivity index (χ4n) is 9.40. The second-order valence-corrected chi connectivity index (χ2v) is 15.6. The molecule has 1 aromatic heterocycles. The molecule has 2 nitrogen and oxygen atoms in total. The Bertz CT molecular complexity index is 3160. The molecule has 0 aliphatic heterocycles. The van der Waals surface area contributed by atoms with Gasteiger partial charge in [-0.05, 0) is 85.6 Å². The highest BCUT2D eigenvalue weighted by Gasteiger charge is 2.35. The lowest BCUT2D eigenvalue weighted by Gasteiger charge is -2.30. The Labute approximate surface area is 332 Å². The third-order valence-electron chi connectivity index (χ3n) is 12.1. The lowest BCUT2D eigenvalue weighted by molar-refractivity contribution is 0.660. The largest absolute Gasteiger partial charge is 0.454 e. The van der Waals surface area contributed by atoms with Gasteiger partial charge < -0.3 is 9.32 Å². The molecule has 1 aliphatic rings. The van der Waals surface area contributed by atoms with Crippen molar-refractivity contribution < 1.29 is 4.42 Å². The maximum atomic E-state index is 6.83. The number of furan rings is 1. The second kappa shape index (κ2) is 13.0. The van der Waals surface area contributed by atoms with Crippen LogP contribution in [0.25, 0.3) is 77.2 Å². The van der Waals surface area contributed by atoms with Crippen molar-refractivity contribution in [3.8, 4) is 44.5 Å². The van der Waals surface area contributed by atoms with Gasteiger partial charge in [-0.15, -0.1) is 0 Å². The van der Waals surface area contributed by atoms with Gasteiger partial charge in [-0.1, -0.05) is 184 Å². The zero-order valence-electron chi connectivity index (χ0n) is 31.9. The van der Waals surface area contributed by atoms with Crippen molar-refractivity contribution in [2.75, 3.05) is 4.90 Å². The molecule has 0 saturated heterocycles. The molecule has 2 heteroatoms. The van der Waals surface area contributed by atoms with Crippen LogP contribution in [-0.2, 0) is 5.41 Å². The summed E-state index contributed by atoms with van der Waals surface area (Å²) < 4.78 is 6.83. The monoisotopic (exact) mass is 729 g/mol. The molecule has 0 N–H and O–H groups in total. The summed E-state index contributed by atoms with van der Waals surface area (Å²) in [5.41, 5.74) is 17.2. The summed E-state index contributed by atoms with van der Waals surface area (Å²) >= 11 is 0. The van der Waals surface area contributed by atoms with E-state index < -0.39 is 0 Å². The zero-order valence-corrected chi connectivity index (χ0v) is 31.9. The number of anilines is 3. The summed E-state index contributed by atoms with van der Waals surface area (Å²) in [6.07, 6.45) is 0. The van der Waals surface area contributed by atoms with Crippen LogP contribution in [0.1, 0.15) is 25.0 Å². The van der Waals surface area contributed by atoms with Crippen LogP contribution in [-0.4, -0.2) is 0 Å². The van der Waals surface area contributed by atoms with Crippen molar-refractivity contribution in [1.29, 1.82) is 0 Å². The molecule has 10 aromatic rings. The van der Waals surface area contributed by atoms with E-state index in [4.69, 9.17) is 4.42 Å². The van der Waals surface area contributed by atoms with Crippen LogP contribution < -0.4 is 4.90 Å². The van der Waals surface area contributed by atoms with E-state index in [1.165, 1.54) is 55.3 Å². The van der Waals surface area contributed by atoms with Crippen LogP contribution in [0.3, 0.4) is 0 Å². The van der Waals surface area contributed by atoms with Crippen molar-refractivity contribution in [3.63, 3.8) is 0 Å². The van der Waals surface area contributed by atoms with Crippen molar-refractivity contribution in [3.05, 3.63) is 211 Å². The highest BCUT2D eigenvalue weighted by molar-refractivity contribution is 6.13. The summed E-state index contributed by atoms with van der Waals surface area (Å²) in [4.78, 5) is 2.44. The van der Waals surface area contributed by atoms with E-state index in [1.807, 2.05) is 6.07 Å². The Morgan fingerprint density at radius 1 is 0.386 bits per heavy atom. The Balaban J connectivity index is 1.19. The number of hydrogen-bond donors (Lipinski definition) is 0. The molecule has 270 valence electrons. The zero-order chi connectivity index (χ0) is 38.1. The van der Waals surface area contributed by atoms with Gasteiger partial charge in [0, 0.05) is 27.3 Å². The predicted molar refractivity (Wildman–Crippen MR) is 240 cm³/mol. The molecule has 0 fully saturated rings. The van der Waals surface area contributed by atoms with Gasteiger partial charge in [0.05, 0.1) is 17.1 Å². The van der Waals surface area contributed by atoms with Gasteiger partial charge >= 0.3 is 0 Å². The van der Waals surface area contributed by atoms with Gasteiger partial charge in [-0.2, -0.15) is 0 Å². The van der Waals surface area contributed by atoms with E-state index in [9.17, 15) is 0 Å². The van der Waals surface area contributed by atoms with Gasteiger partial charge in [0.1, 0.15) is 5.58 Å². The molecule has 0 amide bonds. The molecule has 1 aliphatic carbocycles. The maximum Gasteiger partial charge on any atom is 0.159 e. The molecule has 0 radical (unpaired) electrons. The van der Waals surface area contributed by atoms with E-state index in [2.05, 4.69) is 213 Å². The van der Waals surface area contributed by atoms with Crippen LogP contribution in [0.4, 0.5) is 17.1 Å². The first-order valence-electron chi connectivity index (χ1n) is 19.8. The van der Waals surface area contributed by atoms with Crippen LogP contribution in [0.5, 0.6) is 0 Å². The summed E-state index contributed by atoms with van der Waals surface area (Å²) in [6, 6.07) is 72.6. The number of benzene rings is 9. The van der Waals surface area contributed by atoms with Gasteiger partial charge in [0.15, 0.2) is 5.58 Å². The summed E-state index contributed by atoms with van der Waals surface area (Å²) in [5.74, 6) is 0. The Kier molecular flexibility index (Phi) is 7.55. The molecular weight excluding hydrogens is 691 g/mol. The quantitative estimate of drug-likeness (QED) is 0.169. The lowest BCUT2D eigenvalue weighted by atomic mass is 9.81. The first-order valence-corrected chi connectivity index (χ1v) is 19.8. The van der Waals surface area contributed by atoms with E-state index in [-0.39, 0.29) is 5.41 Å². The molecule has 1 heterocycles. The standard InChI is InChI=1S/C55H39NO/c1-55(2)47-28-10-6-22-41(47)42-34-33-38(35-48(42)55)39-21-7-11-29-49(39)56(51-31-16-27-46-44-24-9-13-32-52(44)57-54(46)51)50-30-12-8-23-43(50)45-26-15-20-37-19-14-25-40(53(37)45)36-17-4-3-5-18-36/h3-35H,1-2H3. The van der Waals surface area contributed by atoms with Crippen LogP contribution in [0.15, 0.2) is 205 Å². The van der Waals surface area contributed by atoms with Crippen molar-refractivity contribution in [2.45, 2.75) is 19.3 Å². The van der Waals surface area contributed by atoms with Gasteiger partial charge in [-0.25, -0.2) is 0 Å². The van der Waals surface area contributed by atoms with Crippen molar-refractivity contribution in [2.24, 2.45) is 0 Å². The van der Waals surface area contributed by atoms with Gasteiger partial charge in [-0.3, -0.25) is 0 Å². The second-order valence-electron chi connectivity index (χ2n) is 15.6. The number of fused-ring (bicyclic) bond motifs is 7. The minimum atomic E-state index is -0.117. The molecule has 0 saturated carbocycles. The topological polar surface area (TPSA) is 16.4 Å². The average molecular weight is 730 g/mol. The number of rotatable bonds is 6. The van der Waals surface area contributed by atoms with Gasteiger partial charge in [0.25, 0.3) is 0 Å². The molecule has 11 rings (SSSR count). The fraction of sp³-hybridized carbons (Fsp3) is 0.0545. The van der Waals surface area contributed by atoms with E-state index in [0.717, 1.165) is 50.1 Å². The molecule has 9 aromatic carbocycles. The average Bonchev–Trinajstić information content (AvgIpc) is 3.76. The van der Waals surface area contributed by atoms with E-state index in [0.29, 0.717) is 0 Å². The SMILES string of the molecule is CC1(C)c2ccccc2-c2ccc(-c3ccccc3N(c3ccccc3-c3cccc4cccc(-c5ccccc5)c34)c3cccc4c3oc3ccccc34)cc21. The van der Waals surface area contributed by atoms with Crippen LogP contribution in [0.2, 0.25) is 0 Å². The Hall–Kier alpha value is -7.16. The van der Waals surface area contributed by atoms with E-state index >= 15 is 0 Å². The minimum absolute atomic E-state index is 0.117. The highest BCUT2D eigenvalue weighted by Crippen LogP contribution is 2.52. The normalized spacial score (nSPS) is 12.9. The lowest BCUT2D eigenvalue weighted by Crippen LogP contribution is -2.15. The fourth-order valence-corrected chi connectivity index (χ4v) is 9.40. The first-order chi connectivity index (χ1) is 28.1. The Morgan fingerprint density at radius 3 is 1.79 bits per heavy atom. The van der Waals surface area contributed by atoms with Gasteiger partial charge in [0.2, 0.25) is 0 Å². The third kappa shape index (κ3) is 5.18. The minimum Gasteiger partial charge on any atom is -0.454 e. The van der Waals surface area contributed by atoms with Crippen molar-refractivity contribution >= 4 is 49.8 Å². The summed E-state index contributed by atoms with van der Waals surface area (Å²) in [7, 11) is 0. The molecule has 57 heavy (non-hydrogen) atoms. The predicted octanol–water partition coefficient (Wildman–Crippen LogP) is 15.5. The molecule has 0 unspecified atom stereocenters. The van der Waals surface area contributed by atoms with Crippen LogP contribution >= 0.6 is 0 Å². The number of nitrogens with zero attached hydrogens (tertiary/aromatic N) is 1. The van der Waals surface area contributed by atoms with Crippen LogP contribution in [0, 0.1) is 0 Å². The third-order valence-corrected chi connectivity index (χ3v) is 12.1. The molecule has 0 spiro atoms. The smallest absolute Gasteiger partial charge is 0.159 e. The first kappa shape index (κ1) is 33.2. The highest BCUT2D eigenvalue weighted by atomic mass is 16.3. The molecule has 0 atom stereocenters. The Morgan fingerprint density at radius 2 is 0.965 bits per heavy atom. The van der Waals surface area contributed by atoms with Crippen molar-refractivity contribution in [1.82, 2.24) is 0 Å². The maximum absolute atomic E-state index is 6.83. The molecular formula is C55H39NO.